The first kappa shape index (κ1) is 11.3. The van der Waals surface area contributed by atoms with E-state index in [0.29, 0.717) is 13.0 Å². The van der Waals surface area contributed by atoms with E-state index in [9.17, 15) is 4.79 Å². The Balaban J connectivity index is 2.43. The minimum absolute atomic E-state index is 0.0797. The van der Waals surface area contributed by atoms with Crippen LogP contribution in [-0.4, -0.2) is 27.4 Å². The van der Waals surface area contributed by atoms with E-state index in [0.717, 1.165) is 5.56 Å². The minimum Gasteiger partial charge on any atom is -0.277 e. The van der Waals surface area contributed by atoms with Crippen molar-refractivity contribution < 1.29 is 4.79 Å². The summed E-state index contributed by atoms with van der Waals surface area (Å²) in [4.78, 5) is 18.8. The zero-order valence-corrected chi connectivity index (χ0v) is 8.63. The quantitative estimate of drug-likeness (QED) is 0.445. The summed E-state index contributed by atoms with van der Waals surface area (Å²) in [5, 5.41) is 1.18. The van der Waals surface area contributed by atoms with Gasteiger partial charge in [-0.15, -0.1) is 0 Å². The molecule has 0 saturated heterocycles. The van der Waals surface area contributed by atoms with Gasteiger partial charge in [-0.2, -0.15) is 0 Å². The standard InChI is InChI=1S/C10H14N4O/c1-2-10(15)14(11)5-3-4-9-6-12-8-13-7-9/h3-4,6-8H,2,5,11H2,1H3. The second-order valence-electron chi connectivity index (χ2n) is 2.97. The molecule has 15 heavy (non-hydrogen) atoms. The summed E-state index contributed by atoms with van der Waals surface area (Å²) in [7, 11) is 0. The molecule has 5 nitrogen and oxygen atoms in total. The van der Waals surface area contributed by atoms with Crippen LogP contribution in [0.4, 0.5) is 0 Å². The lowest BCUT2D eigenvalue weighted by Gasteiger charge is -2.12. The zero-order chi connectivity index (χ0) is 11.1. The van der Waals surface area contributed by atoms with Crippen molar-refractivity contribution in [3.8, 4) is 0 Å². The molecule has 1 heterocycles. The second-order valence-corrected chi connectivity index (χ2v) is 2.97. The van der Waals surface area contributed by atoms with E-state index in [-0.39, 0.29) is 5.91 Å². The molecule has 0 bridgehead atoms. The van der Waals surface area contributed by atoms with E-state index < -0.39 is 0 Å². The van der Waals surface area contributed by atoms with E-state index in [1.54, 1.807) is 25.4 Å². The van der Waals surface area contributed by atoms with E-state index in [1.165, 1.54) is 11.3 Å². The maximum absolute atomic E-state index is 11.1. The fraction of sp³-hybridized carbons (Fsp3) is 0.300. The fourth-order valence-corrected chi connectivity index (χ4v) is 1.00. The highest BCUT2D eigenvalue weighted by Crippen LogP contribution is 1.96. The van der Waals surface area contributed by atoms with Gasteiger partial charge < -0.3 is 0 Å². The number of hydrogen-bond donors (Lipinski definition) is 1. The Kier molecular flexibility index (Phi) is 4.43. The van der Waals surface area contributed by atoms with Gasteiger partial charge in [0.25, 0.3) is 0 Å². The molecule has 0 unspecified atom stereocenters. The molecular formula is C10H14N4O. The molecule has 1 rings (SSSR count). The minimum atomic E-state index is -0.0797. The lowest BCUT2D eigenvalue weighted by molar-refractivity contribution is -0.130. The number of aromatic nitrogens is 2. The van der Waals surface area contributed by atoms with Crippen molar-refractivity contribution in [2.75, 3.05) is 6.54 Å². The molecule has 5 heteroatoms. The van der Waals surface area contributed by atoms with Crippen LogP contribution in [0.15, 0.2) is 24.8 Å². The third-order valence-electron chi connectivity index (χ3n) is 1.82. The van der Waals surface area contributed by atoms with Gasteiger partial charge in [0, 0.05) is 24.4 Å². The fourth-order valence-electron chi connectivity index (χ4n) is 1.00. The third kappa shape index (κ3) is 3.86. The lowest BCUT2D eigenvalue weighted by atomic mass is 10.3. The summed E-state index contributed by atoms with van der Waals surface area (Å²) in [6.07, 6.45) is 8.87. The SMILES string of the molecule is CCC(=O)N(N)CC=Cc1cncnc1. The smallest absolute Gasteiger partial charge is 0.236 e. The Morgan fingerprint density at radius 2 is 2.20 bits per heavy atom. The Morgan fingerprint density at radius 3 is 2.80 bits per heavy atom. The third-order valence-corrected chi connectivity index (χ3v) is 1.82. The summed E-state index contributed by atoms with van der Waals surface area (Å²) in [5.41, 5.74) is 0.884. The predicted molar refractivity (Wildman–Crippen MR) is 57.3 cm³/mol. The van der Waals surface area contributed by atoms with Crippen LogP contribution in [0.2, 0.25) is 0 Å². The highest BCUT2D eigenvalue weighted by Gasteiger charge is 2.02. The molecule has 0 spiro atoms. The maximum atomic E-state index is 11.1. The molecule has 0 aromatic carbocycles. The van der Waals surface area contributed by atoms with Crippen LogP contribution in [0, 0.1) is 0 Å². The van der Waals surface area contributed by atoms with Gasteiger partial charge >= 0.3 is 0 Å². The van der Waals surface area contributed by atoms with E-state index in [2.05, 4.69) is 9.97 Å². The summed E-state index contributed by atoms with van der Waals surface area (Å²) < 4.78 is 0. The molecule has 0 fully saturated rings. The monoisotopic (exact) mass is 206 g/mol. The predicted octanol–water partition coefficient (Wildman–Crippen LogP) is 0.602. The number of amides is 1. The number of hydrazine groups is 1. The van der Waals surface area contributed by atoms with Gasteiger partial charge in [-0.05, 0) is 0 Å². The molecule has 0 aliphatic carbocycles. The molecule has 0 atom stereocenters. The Hall–Kier alpha value is -1.75. The first-order valence-electron chi connectivity index (χ1n) is 4.70. The van der Waals surface area contributed by atoms with Crippen molar-refractivity contribution in [3.05, 3.63) is 30.4 Å². The van der Waals surface area contributed by atoms with Crippen LogP contribution in [-0.2, 0) is 4.79 Å². The van der Waals surface area contributed by atoms with Gasteiger partial charge in [-0.25, -0.2) is 15.8 Å². The summed E-state index contributed by atoms with van der Waals surface area (Å²) in [6, 6.07) is 0. The van der Waals surface area contributed by atoms with E-state index in [4.69, 9.17) is 5.84 Å². The summed E-state index contributed by atoms with van der Waals surface area (Å²) in [5.74, 6) is 5.41. The van der Waals surface area contributed by atoms with Gasteiger partial charge in [-0.1, -0.05) is 19.1 Å². The first-order valence-corrected chi connectivity index (χ1v) is 4.70. The Bertz CT molecular complexity index is 337. The molecule has 1 amide bonds. The van der Waals surface area contributed by atoms with Gasteiger partial charge in [0.05, 0.1) is 6.54 Å². The zero-order valence-electron chi connectivity index (χ0n) is 8.63. The molecule has 1 aromatic rings. The molecule has 2 N–H and O–H groups in total. The molecule has 0 saturated carbocycles. The van der Waals surface area contributed by atoms with Gasteiger partial charge in [0.1, 0.15) is 6.33 Å². The molecule has 1 aromatic heterocycles. The van der Waals surface area contributed by atoms with Crippen molar-refractivity contribution in [1.29, 1.82) is 0 Å². The van der Waals surface area contributed by atoms with E-state index in [1.807, 2.05) is 6.08 Å². The molecule has 80 valence electrons. The summed E-state index contributed by atoms with van der Waals surface area (Å²) in [6.45, 7) is 2.17. The van der Waals surface area contributed by atoms with Gasteiger partial charge in [0.2, 0.25) is 5.91 Å². The van der Waals surface area contributed by atoms with Crippen LogP contribution < -0.4 is 5.84 Å². The van der Waals surface area contributed by atoms with Crippen LogP contribution in [0.5, 0.6) is 0 Å². The first-order chi connectivity index (χ1) is 7.24. The van der Waals surface area contributed by atoms with Crippen LogP contribution >= 0.6 is 0 Å². The van der Waals surface area contributed by atoms with Gasteiger partial charge in [0.15, 0.2) is 0 Å². The lowest BCUT2D eigenvalue weighted by Crippen LogP contribution is -2.36. The number of nitrogens with zero attached hydrogens (tertiary/aromatic N) is 3. The highest BCUT2D eigenvalue weighted by atomic mass is 16.2. The van der Waals surface area contributed by atoms with Crippen molar-refractivity contribution in [1.82, 2.24) is 15.0 Å². The maximum Gasteiger partial charge on any atom is 0.236 e. The molecule has 0 aliphatic heterocycles. The van der Waals surface area contributed by atoms with E-state index >= 15 is 0 Å². The highest BCUT2D eigenvalue weighted by molar-refractivity contribution is 5.75. The normalized spacial score (nSPS) is 10.5. The van der Waals surface area contributed by atoms with Crippen molar-refractivity contribution in [2.24, 2.45) is 5.84 Å². The Labute approximate surface area is 88.6 Å². The Morgan fingerprint density at radius 1 is 1.53 bits per heavy atom. The van der Waals surface area contributed by atoms with Crippen LogP contribution in [0.1, 0.15) is 18.9 Å². The average Bonchev–Trinajstić information content (AvgIpc) is 2.29. The second kappa shape index (κ2) is 5.87. The largest absolute Gasteiger partial charge is 0.277 e. The van der Waals surface area contributed by atoms with Crippen molar-refractivity contribution in [3.63, 3.8) is 0 Å². The average molecular weight is 206 g/mol. The molecule has 0 aliphatic rings. The van der Waals surface area contributed by atoms with Gasteiger partial charge in [-0.3, -0.25) is 9.80 Å². The number of carbonyl (C=O) groups is 1. The number of rotatable bonds is 4. The number of nitrogens with two attached hydrogens (primary N) is 1. The summed E-state index contributed by atoms with van der Waals surface area (Å²) >= 11 is 0. The molecular weight excluding hydrogens is 192 g/mol. The van der Waals surface area contributed by atoms with Crippen LogP contribution in [0.3, 0.4) is 0 Å². The topological polar surface area (TPSA) is 72.1 Å². The van der Waals surface area contributed by atoms with Crippen molar-refractivity contribution in [2.45, 2.75) is 13.3 Å². The van der Waals surface area contributed by atoms with Crippen LogP contribution in [0.25, 0.3) is 6.08 Å². The molecule has 0 radical (unpaired) electrons. The number of carbonyl (C=O) groups excluding carboxylic acids is 1. The van der Waals surface area contributed by atoms with Crippen molar-refractivity contribution >= 4 is 12.0 Å². The number of hydrogen-bond acceptors (Lipinski definition) is 4.